The summed E-state index contributed by atoms with van der Waals surface area (Å²) in [7, 11) is 0. The Morgan fingerprint density at radius 2 is 1.94 bits per heavy atom. The predicted octanol–water partition coefficient (Wildman–Crippen LogP) is 2.69. The maximum Gasteiger partial charge on any atom is 0.0564 e. The zero-order valence-electron chi connectivity index (χ0n) is 11.7. The average molecular weight is 247 g/mol. The van der Waals surface area contributed by atoms with E-state index in [1.54, 1.807) is 0 Å². The predicted molar refractivity (Wildman–Crippen MR) is 75.9 cm³/mol. The normalized spacial score (nSPS) is 18.2. The summed E-state index contributed by atoms with van der Waals surface area (Å²) in [5.41, 5.74) is 4.25. The van der Waals surface area contributed by atoms with Gasteiger partial charge in [-0.2, -0.15) is 0 Å². The number of aliphatic hydroxyl groups is 1. The molecule has 100 valence electrons. The van der Waals surface area contributed by atoms with Crippen molar-refractivity contribution < 1.29 is 5.11 Å². The summed E-state index contributed by atoms with van der Waals surface area (Å²) >= 11 is 0. The number of aliphatic hydroxyl groups excluding tert-OH is 1. The van der Waals surface area contributed by atoms with E-state index in [2.05, 4.69) is 36.9 Å². The maximum atomic E-state index is 9.47. The number of likely N-dealkylation sites (tertiary alicyclic amines) is 1. The molecule has 1 fully saturated rings. The van der Waals surface area contributed by atoms with Gasteiger partial charge in [-0.15, -0.1) is 0 Å². The molecule has 2 nitrogen and oxygen atoms in total. The smallest absolute Gasteiger partial charge is 0.0564 e. The Morgan fingerprint density at radius 1 is 1.22 bits per heavy atom. The summed E-state index contributed by atoms with van der Waals surface area (Å²) in [4.78, 5) is 2.48. The molecule has 0 spiro atoms. The summed E-state index contributed by atoms with van der Waals surface area (Å²) in [5.74, 6) is 0. The topological polar surface area (TPSA) is 23.5 Å². The van der Waals surface area contributed by atoms with Crippen molar-refractivity contribution in [3.63, 3.8) is 0 Å². The van der Waals surface area contributed by atoms with Crippen molar-refractivity contribution in [2.75, 3.05) is 19.6 Å². The lowest BCUT2D eigenvalue weighted by molar-refractivity contribution is 0.0821. The van der Waals surface area contributed by atoms with Gasteiger partial charge in [0.05, 0.1) is 6.10 Å². The van der Waals surface area contributed by atoms with Gasteiger partial charge in [-0.3, -0.25) is 0 Å². The van der Waals surface area contributed by atoms with Gasteiger partial charge in [-0.05, 0) is 57.2 Å². The molecule has 1 heterocycles. The second-order valence-electron chi connectivity index (χ2n) is 5.61. The Balaban J connectivity index is 1.75. The molecule has 1 aliphatic rings. The van der Waals surface area contributed by atoms with Gasteiger partial charge >= 0.3 is 0 Å². The van der Waals surface area contributed by atoms with Crippen molar-refractivity contribution in [1.82, 2.24) is 4.90 Å². The lowest BCUT2D eigenvalue weighted by Gasteiger charge is -2.29. The van der Waals surface area contributed by atoms with Gasteiger partial charge in [0.15, 0.2) is 0 Å². The molecule has 0 radical (unpaired) electrons. The third kappa shape index (κ3) is 3.82. The number of aryl methyl sites for hydroxylation is 3. The van der Waals surface area contributed by atoms with Crippen LogP contribution in [0.1, 0.15) is 36.0 Å². The Hall–Kier alpha value is -0.860. The van der Waals surface area contributed by atoms with Crippen molar-refractivity contribution in [2.45, 2.75) is 45.6 Å². The molecule has 0 aliphatic carbocycles. The summed E-state index contributed by atoms with van der Waals surface area (Å²) in [6, 6.07) is 6.75. The van der Waals surface area contributed by atoms with E-state index in [-0.39, 0.29) is 6.10 Å². The zero-order valence-corrected chi connectivity index (χ0v) is 11.7. The molecule has 1 aliphatic heterocycles. The number of piperidine rings is 1. The van der Waals surface area contributed by atoms with E-state index in [0.29, 0.717) is 0 Å². The summed E-state index contributed by atoms with van der Waals surface area (Å²) in [6.45, 7) is 7.65. The van der Waals surface area contributed by atoms with Crippen LogP contribution in [0.2, 0.25) is 0 Å². The van der Waals surface area contributed by atoms with Gasteiger partial charge in [0.1, 0.15) is 0 Å². The van der Waals surface area contributed by atoms with Crippen LogP contribution in [0.3, 0.4) is 0 Å². The number of nitrogens with zero attached hydrogens (tertiary/aromatic N) is 1. The first-order chi connectivity index (χ1) is 8.65. The first-order valence-corrected chi connectivity index (χ1v) is 7.11. The molecule has 18 heavy (non-hydrogen) atoms. The highest BCUT2D eigenvalue weighted by Crippen LogP contribution is 2.14. The van der Waals surface area contributed by atoms with Crippen LogP contribution in [0.25, 0.3) is 0 Å². The number of hydrogen-bond acceptors (Lipinski definition) is 2. The van der Waals surface area contributed by atoms with Crippen molar-refractivity contribution in [2.24, 2.45) is 0 Å². The standard InChI is InChI=1S/C16H25NO/c1-13-5-6-15(14(2)12-13)4-3-9-17-10-7-16(18)8-11-17/h5-6,12,16,18H,3-4,7-11H2,1-2H3. The molecule has 0 aromatic heterocycles. The maximum absolute atomic E-state index is 9.47. The first kappa shape index (κ1) is 13.6. The molecule has 2 heteroatoms. The number of benzene rings is 1. The van der Waals surface area contributed by atoms with Crippen molar-refractivity contribution in [1.29, 1.82) is 0 Å². The highest BCUT2D eigenvalue weighted by atomic mass is 16.3. The third-order valence-corrected chi connectivity index (χ3v) is 3.98. The summed E-state index contributed by atoms with van der Waals surface area (Å²) < 4.78 is 0. The van der Waals surface area contributed by atoms with E-state index < -0.39 is 0 Å². The summed E-state index contributed by atoms with van der Waals surface area (Å²) in [5, 5.41) is 9.47. The minimum Gasteiger partial charge on any atom is -0.393 e. The Morgan fingerprint density at radius 3 is 2.61 bits per heavy atom. The summed E-state index contributed by atoms with van der Waals surface area (Å²) in [6.07, 6.45) is 4.23. The lowest BCUT2D eigenvalue weighted by Crippen LogP contribution is -2.36. The number of rotatable bonds is 4. The first-order valence-electron chi connectivity index (χ1n) is 7.11. The van der Waals surface area contributed by atoms with Crippen LogP contribution in [0.4, 0.5) is 0 Å². The molecule has 0 saturated carbocycles. The highest BCUT2D eigenvalue weighted by molar-refractivity contribution is 5.30. The molecular weight excluding hydrogens is 222 g/mol. The molecule has 0 unspecified atom stereocenters. The minimum atomic E-state index is -0.0550. The third-order valence-electron chi connectivity index (χ3n) is 3.98. The largest absolute Gasteiger partial charge is 0.393 e. The lowest BCUT2D eigenvalue weighted by atomic mass is 10.0. The van der Waals surface area contributed by atoms with E-state index in [1.807, 2.05) is 0 Å². The molecule has 1 saturated heterocycles. The monoisotopic (exact) mass is 247 g/mol. The second-order valence-corrected chi connectivity index (χ2v) is 5.61. The van der Waals surface area contributed by atoms with Crippen LogP contribution in [0.15, 0.2) is 18.2 Å². The Bertz CT molecular complexity index is 381. The molecule has 1 aromatic rings. The highest BCUT2D eigenvalue weighted by Gasteiger charge is 2.16. The van der Waals surface area contributed by atoms with Gasteiger partial charge in [-0.1, -0.05) is 23.8 Å². The van der Waals surface area contributed by atoms with E-state index >= 15 is 0 Å². The van der Waals surface area contributed by atoms with Crippen LogP contribution in [0, 0.1) is 13.8 Å². The molecule has 0 atom stereocenters. The fourth-order valence-corrected chi connectivity index (χ4v) is 2.76. The average Bonchev–Trinajstić information content (AvgIpc) is 2.34. The van der Waals surface area contributed by atoms with Crippen molar-refractivity contribution in [3.8, 4) is 0 Å². The van der Waals surface area contributed by atoms with Crippen molar-refractivity contribution in [3.05, 3.63) is 34.9 Å². The Kier molecular flexibility index (Phi) is 4.79. The van der Waals surface area contributed by atoms with E-state index in [1.165, 1.54) is 36.1 Å². The van der Waals surface area contributed by atoms with Gasteiger partial charge < -0.3 is 10.0 Å². The van der Waals surface area contributed by atoms with Gasteiger partial charge in [-0.25, -0.2) is 0 Å². The van der Waals surface area contributed by atoms with Gasteiger partial charge in [0, 0.05) is 13.1 Å². The molecule has 0 amide bonds. The molecule has 0 bridgehead atoms. The van der Waals surface area contributed by atoms with E-state index in [4.69, 9.17) is 0 Å². The van der Waals surface area contributed by atoms with Crippen LogP contribution in [-0.4, -0.2) is 35.7 Å². The van der Waals surface area contributed by atoms with E-state index in [0.717, 1.165) is 25.9 Å². The van der Waals surface area contributed by atoms with Gasteiger partial charge in [0.2, 0.25) is 0 Å². The zero-order chi connectivity index (χ0) is 13.0. The molecular formula is C16H25NO. The quantitative estimate of drug-likeness (QED) is 0.884. The Labute approximate surface area is 111 Å². The molecule has 1 N–H and O–H groups in total. The van der Waals surface area contributed by atoms with Crippen LogP contribution >= 0.6 is 0 Å². The van der Waals surface area contributed by atoms with E-state index in [9.17, 15) is 5.11 Å². The number of hydrogen-bond donors (Lipinski definition) is 1. The fraction of sp³-hybridized carbons (Fsp3) is 0.625. The van der Waals surface area contributed by atoms with Crippen LogP contribution in [0.5, 0.6) is 0 Å². The van der Waals surface area contributed by atoms with Crippen LogP contribution in [-0.2, 0) is 6.42 Å². The fourth-order valence-electron chi connectivity index (χ4n) is 2.76. The molecule has 1 aromatic carbocycles. The second kappa shape index (κ2) is 6.35. The minimum absolute atomic E-state index is 0.0550. The van der Waals surface area contributed by atoms with Crippen LogP contribution < -0.4 is 0 Å². The SMILES string of the molecule is Cc1ccc(CCCN2CCC(O)CC2)c(C)c1. The van der Waals surface area contributed by atoms with Crippen molar-refractivity contribution >= 4 is 0 Å². The van der Waals surface area contributed by atoms with Gasteiger partial charge in [0.25, 0.3) is 0 Å². The molecule has 2 rings (SSSR count).